The largest absolute Gasteiger partial charge is 0.468 e. The summed E-state index contributed by atoms with van der Waals surface area (Å²) in [5.74, 6) is -1.64. The fraction of sp³-hybridized carbons (Fsp3) is 0.296. The Balaban J connectivity index is 2.00. The van der Waals surface area contributed by atoms with Crippen molar-refractivity contribution in [3.8, 4) is 11.3 Å². The lowest BCUT2D eigenvalue weighted by Gasteiger charge is -2.47. The molecule has 0 fully saturated rings. The molecule has 1 aliphatic rings. The number of hydrogen-bond acceptors (Lipinski definition) is 7. The number of benzene rings is 2. The first-order valence-corrected chi connectivity index (χ1v) is 11.9. The fourth-order valence-electron chi connectivity index (χ4n) is 4.90. The lowest BCUT2D eigenvalue weighted by molar-refractivity contribution is -0.150. The van der Waals surface area contributed by atoms with E-state index >= 15 is 0 Å². The predicted molar refractivity (Wildman–Crippen MR) is 132 cm³/mol. The molecule has 176 valence electrons. The van der Waals surface area contributed by atoms with Crippen LogP contribution in [0.4, 0.5) is 0 Å². The number of thiazole rings is 1. The minimum absolute atomic E-state index is 0.375. The van der Waals surface area contributed by atoms with E-state index in [1.165, 1.54) is 25.6 Å². The molecule has 0 bridgehead atoms. The Morgan fingerprint density at radius 1 is 1.00 bits per heavy atom. The van der Waals surface area contributed by atoms with Crippen LogP contribution in [0.15, 0.2) is 71.2 Å². The number of rotatable bonds is 5. The zero-order valence-corrected chi connectivity index (χ0v) is 20.7. The van der Waals surface area contributed by atoms with Crippen molar-refractivity contribution in [2.45, 2.75) is 38.1 Å². The third-order valence-electron chi connectivity index (χ3n) is 6.56. The summed E-state index contributed by atoms with van der Waals surface area (Å²) in [7, 11) is 2.72. The zero-order chi connectivity index (χ0) is 24.5. The molecule has 4 rings (SSSR count). The number of allylic oxidation sites excluding steroid dienone is 1. The number of esters is 2. The third-order valence-corrected chi connectivity index (χ3v) is 7.47. The summed E-state index contributed by atoms with van der Waals surface area (Å²) in [6.45, 7) is 5.80. The highest BCUT2D eigenvalue weighted by molar-refractivity contribution is 7.10. The van der Waals surface area contributed by atoms with Crippen molar-refractivity contribution in [3.05, 3.63) is 87.4 Å². The molecule has 0 saturated carbocycles. The Morgan fingerprint density at radius 3 is 2.29 bits per heavy atom. The van der Waals surface area contributed by atoms with E-state index in [9.17, 15) is 9.59 Å². The molecule has 1 aliphatic heterocycles. The van der Waals surface area contributed by atoms with Crippen molar-refractivity contribution in [2.75, 3.05) is 14.2 Å². The fourth-order valence-corrected chi connectivity index (χ4v) is 5.91. The number of aromatic nitrogens is 1. The maximum atomic E-state index is 13.7. The van der Waals surface area contributed by atoms with Gasteiger partial charge in [0.15, 0.2) is 0 Å². The number of methoxy groups -OCH3 is 2. The van der Waals surface area contributed by atoms with Gasteiger partial charge >= 0.3 is 11.9 Å². The zero-order valence-electron chi connectivity index (χ0n) is 19.9. The van der Waals surface area contributed by atoms with Crippen LogP contribution >= 0.6 is 11.3 Å². The highest BCUT2D eigenvalue weighted by Gasteiger charge is 2.59. The van der Waals surface area contributed by atoms with Crippen molar-refractivity contribution >= 4 is 23.3 Å². The molecule has 2 aromatic carbocycles. The van der Waals surface area contributed by atoms with E-state index in [1.54, 1.807) is 0 Å². The van der Waals surface area contributed by atoms with E-state index in [-0.39, 0.29) is 6.04 Å². The minimum Gasteiger partial charge on any atom is -0.468 e. The quantitative estimate of drug-likeness (QED) is 0.536. The second-order valence-electron chi connectivity index (χ2n) is 8.49. The van der Waals surface area contributed by atoms with E-state index in [0.717, 1.165) is 22.4 Å². The monoisotopic (exact) mass is 476 g/mol. The first kappa shape index (κ1) is 23.7. The lowest BCUT2D eigenvalue weighted by atomic mass is 9.61. The van der Waals surface area contributed by atoms with Gasteiger partial charge in [-0.3, -0.25) is 4.79 Å². The molecular formula is C27H28N2O4S. The van der Waals surface area contributed by atoms with Crippen molar-refractivity contribution in [3.63, 3.8) is 0 Å². The molecule has 0 radical (unpaired) electrons. The summed E-state index contributed by atoms with van der Waals surface area (Å²) in [4.78, 5) is 31.8. The first-order valence-electron chi connectivity index (χ1n) is 11.1. The van der Waals surface area contributed by atoms with Crippen molar-refractivity contribution in [2.24, 2.45) is 0 Å². The normalized spacial score (nSPS) is 22.1. The molecule has 0 amide bonds. The van der Waals surface area contributed by atoms with Gasteiger partial charge in [0.2, 0.25) is 0 Å². The van der Waals surface area contributed by atoms with Gasteiger partial charge in [0.05, 0.1) is 31.4 Å². The lowest BCUT2D eigenvalue weighted by Crippen LogP contribution is -2.60. The average Bonchev–Trinajstić information content (AvgIpc) is 3.33. The second-order valence-corrected chi connectivity index (χ2v) is 9.38. The number of aryl methyl sites for hydroxylation is 1. The Labute approximate surface area is 203 Å². The maximum absolute atomic E-state index is 13.7. The van der Waals surface area contributed by atoms with Crippen LogP contribution in [0, 0.1) is 6.92 Å². The van der Waals surface area contributed by atoms with Crippen molar-refractivity contribution in [1.82, 2.24) is 10.3 Å². The molecule has 7 heteroatoms. The molecule has 6 nitrogen and oxygen atoms in total. The van der Waals surface area contributed by atoms with Gasteiger partial charge in [-0.1, -0.05) is 60.2 Å². The Bertz CT molecular complexity index is 1230. The van der Waals surface area contributed by atoms with Gasteiger partial charge in [-0.05, 0) is 26.3 Å². The van der Waals surface area contributed by atoms with Crippen LogP contribution in [-0.4, -0.2) is 37.2 Å². The molecule has 1 aromatic heterocycles. The molecule has 3 unspecified atom stereocenters. The van der Waals surface area contributed by atoms with E-state index in [4.69, 9.17) is 14.5 Å². The highest BCUT2D eigenvalue weighted by atomic mass is 32.1. The van der Waals surface area contributed by atoms with Gasteiger partial charge in [-0.2, -0.15) is 0 Å². The third kappa shape index (κ3) is 3.80. The van der Waals surface area contributed by atoms with Crippen molar-refractivity contribution in [1.29, 1.82) is 0 Å². The minimum atomic E-state index is -1.23. The van der Waals surface area contributed by atoms with Crippen LogP contribution in [0.25, 0.3) is 11.3 Å². The van der Waals surface area contributed by atoms with Crippen LogP contribution < -0.4 is 5.32 Å². The molecule has 0 spiro atoms. The van der Waals surface area contributed by atoms with Gasteiger partial charge in [0, 0.05) is 22.7 Å². The predicted octanol–water partition coefficient (Wildman–Crippen LogP) is 4.75. The molecule has 34 heavy (non-hydrogen) atoms. The molecule has 2 heterocycles. The Morgan fingerprint density at radius 2 is 1.68 bits per heavy atom. The summed E-state index contributed by atoms with van der Waals surface area (Å²) >= 11 is 1.43. The summed E-state index contributed by atoms with van der Waals surface area (Å²) < 4.78 is 10.6. The van der Waals surface area contributed by atoms with E-state index in [0.29, 0.717) is 16.3 Å². The van der Waals surface area contributed by atoms with E-state index < -0.39 is 23.3 Å². The Kier molecular flexibility index (Phi) is 6.57. The first-order chi connectivity index (χ1) is 16.3. The summed E-state index contributed by atoms with van der Waals surface area (Å²) in [5, 5.41) is 5.96. The smallest absolute Gasteiger partial charge is 0.336 e. The molecule has 0 aliphatic carbocycles. The van der Waals surface area contributed by atoms with Crippen LogP contribution in [0.2, 0.25) is 0 Å². The summed E-state index contributed by atoms with van der Waals surface area (Å²) in [5.41, 5.74) is 3.46. The van der Waals surface area contributed by atoms with E-state index in [1.807, 2.05) is 80.7 Å². The molecule has 1 N–H and O–H groups in total. The molecule has 0 saturated heterocycles. The van der Waals surface area contributed by atoms with Gasteiger partial charge < -0.3 is 14.8 Å². The van der Waals surface area contributed by atoms with Crippen LogP contribution in [0.1, 0.15) is 35.9 Å². The number of nitrogens with one attached hydrogen (secondary N) is 1. The van der Waals surface area contributed by atoms with Gasteiger partial charge in [-0.25, -0.2) is 9.78 Å². The van der Waals surface area contributed by atoms with Gasteiger partial charge in [0.25, 0.3) is 0 Å². The number of nitrogens with zero attached hydrogens (tertiary/aromatic N) is 1. The second kappa shape index (κ2) is 9.43. The average molecular weight is 477 g/mol. The maximum Gasteiger partial charge on any atom is 0.336 e. The van der Waals surface area contributed by atoms with Gasteiger partial charge in [-0.15, -0.1) is 11.3 Å². The topological polar surface area (TPSA) is 77.5 Å². The molecule has 3 aromatic rings. The van der Waals surface area contributed by atoms with Crippen LogP contribution in [0.5, 0.6) is 0 Å². The van der Waals surface area contributed by atoms with Crippen LogP contribution in [0.3, 0.4) is 0 Å². The highest BCUT2D eigenvalue weighted by Crippen LogP contribution is 2.51. The summed E-state index contributed by atoms with van der Waals surface area (Å²) in [6, 6.07) is 17.2. The number of carbonyl (C=O) groups is 2. The standard InChI is InChI=1S/C27H28N2O4S/c1-16-11-13-19(14-12-16)21-15-34-24(29-21)23-22(25(30)32-4)17(2)28-18(3)27(23,26(31)33-5)20-9-7-6-8-10-20/h6-15,18,23,28H,1-5H3. The SMILES string of the molecule is COC(=O)C1=C(C)NC(C)C(C(=O)OC)(c2ccccc2)C1c1nc(-c2ccc(C)cc2)cs1. The summed E-state index contributed by atoms with van der Waals surface area (Å²) in [6.07, 6.45) is 0. The number of carbonyl (C=O) groups excluding carboxylic acids is 2. The van der Waals surface area contributed by atoms with Crippen molar-refractivity contribution < 1.29 is 19.1 Å². The molecule has 3 atom stereocenters. The van der Waals surface area contributed by atoms with E-state index in [2.05, 4.69) is 5.32 Å². The Hall–Kier alpha value is -3.45. The molecular weight excluding hydrogens is 448 g/mol. The van der Waals surface area contributed by atoms with Crippen LogP contribution in [-0.2, 0) is 24.5 Å². The number of ether oxygens (including phenoxy) is 2. The van der Waals surface area contributed by atoms with Gasteiger partial charge in [0.1, 0.15) is 10.4 Å². The number of hydrogen-bond donors (Lipinski definition) is 1.